The van der Waals surface area contributed by atoms with Gasteiger partial charge in [-0.25, -0.2) is 5.43 Å². The molecule has 2 aromatic carbocycles. The highest BCUT2D eigenvalue weighted by Gasteiger charge is 2.04. The molecule has 0 fully saturated rings. The Labute approximate surface area is 142 Å². The smallest absolute Gasteiger partial charge is 0.259 e. The zero-order valence-corrected chi connectivity index (χ0v) is 14.3. The highest BCUT2D eigenvalue weighted by molar-refractivity contribution is 9.10. The maximum Gasteiger partial charge on any atom is 0.259 e. The van der Waals surface area contributed by atoms with Gasteiger partial charge >= 0.3 is 0 Å². The first-order chi connectivity index (χ1) is 10.6. The summed E-state index contributed by atoms with van der Waals surface area (Å²) in [5.74, 6) is -0.225. The number of halogens is 2. The first kappa shape index (κ1) is 16.5. The number of hydrazone groups is 1. The van der Waals surface area contributed by atoms with Gasteiger partial charge in [0.1, 0.15) is 0 Å². The minimum atomic E-state index is -0.225. The Hall–Kier alpha value is -1.85. The summed E-state index contributed by atoms with van der Waals surface area (Å²) in [6.45, 7) is 1.96. The van der Waals surface area contributed by atoms with E-state index < -0.39 is 0 Å². The van der Waals surface area contributed by atoms with Crippen molar-refractivity contribution in [2.75, 3.05) is 11.9 Å². The summed E-state index contributed by atoms with van der Waals surface area (Å²) >= 11 is 9.25. The lowest BCUT2D eigenvalue weighted by Crippen LogP contribution is -2.26. The van der Waals surface area contributed by atoms with E-state index in [1.165, 1.54) is 0 Å². The zero-order chi connectivity index (χ0) is 15.9. The molecule has 0 heterocycles. The number of benzene rings is 2. The van der Waals surface area contributed by atoms with Gasteiger partial charge in [-0.15, -0.1) is 0 Å². The molecule has 2 aromatic rings. The summed E-state index contributed by atoms with van der Waals surface area (Å²) in [4.78, 5) is 11.8. The fourth-order valence-corrected chi connectivity index (χ4v) is 2.56. The van der Waals surface area contributed by atoms with Crippen LogP contribution in [0.1, 0.15) is 12.5 Å². The maximum atomic E-state index is 11.8. The topological polar surface area (TPSA) is 53.5 Å². The van der Waals surface area contributed by atoms with Crippen molar-refractivity contribution in [3.05, 3.63) is 63.6 Å². The Morgan fingerprint density at radius 3 is 2.64 bits per heavy atom. The number of hydrogen-bond donors (Lipinski definition) is 2. The van der Waals surface area contributed by atoms with Gasteiger partial charge in [-0.2, -0.15) is 5.10 Å². The lowest BCUT2D eigenvalue weighted by molar-refractivity contribution is -0.119. The van der Waals surface area contributed by atoms with Crippen molar-refractivity contribution >= 4 is 44.8 Å². The molecule has 0 aliphatic heterocycles. The second-order valence-corrected chi connectivity index (χ2v) is 5.87. The average Bonchev–Trinajstić information content (AvgIpc) is 2.52. The number of nitrogens with one attached hydrogen (secondary N) is 2. The van der Waals surface area contributed by atoms with Crippen molar-refractivity contribution in [3.63, 3.8) is 0 Å². The minimum Gasteiger partial charge on any atom is -0.375 e. The van der Waals surface area contributed by atoms with Crippen molar-refractivity contribution < 1.29 is 4.79 Å². The fourth-order valence-electron chi connectivity index (χ4n) is 1.74. The predicted octanol–water partition coefficient (Wildman–Crippen LogP) is 4.05. The number of carbonyl (C=O) groups is 1. The Morgan fingerprint density at radius 1 is 1.23 bits per heavy atom. The van der Waals surface area contributed by atoms with Crippen LogP contribution in [-0.4, -0.2) is 18.2 Å². The van der Waals surface area contributed by atoms with E-state index in [1.54, 1.807) is 18.2 Å². The van der Waals surface area contributed by atoms with Crippen molar-refractivity contribution in [1.29, 1.82) is 0 Å². The van der Waals surface area contributed by atoms with Gasteiger partial charge in [0, 0.05) is 15.2 Å². The summed E-state index contributed by atoms with van der Waals surface area (Å²) in [6, 6.07) is 15.0. The molecule has 22 heavy (non-hydrogen) atoms. The van der Waals surface area contributed by atoms with E-state index in [-0.39, 0.29) is 12.5 Å². The summed E-state index contributed by atoms with van der Waals surface area (Å²) in [7, 11) is 0. The molecular formula is C16H15BrClN3O. The highest BCUT2D eigenvalue weighted by atomic mass is 79.9. The normalized spacial score (nSPS) is 11.1. The van der Waals surface area contributed by atoms with Crippen molar-refractivity contribution in [3.8, 4) is 0 Å². The molecule has 0 aromatic heterocycles. The molecule has 6 heteroatoms. The van der Waals surface area contributed by atoms with Gasteiger partial charge in [-0.1, -0.05) is 41.9 Å². The molecule has 0 spiro atoms. The van der Waals surface area contributed by atoms with Gasteiger partial charge in [-0.05, 0) is 46.6 Å². The number of nitrogens with zero attached hydrogens (tertiary/aromatic N) is 1. The average molecular weight is 381 g/mol. The number of carbonyl (C=O) groups excluding carboxylic acids is 1. The van der Waals surface area contributed by atoms with E-state index in [0.717, 1.165) is 21.4 Å². The fraction of sp³-hybridized carbons (Fsp3) is 0.125. The largest absolute Gasteiger partial charge is 0.375 e. The second kappa shape index (κ2) is 7.96. The first-order valence-corrected chi connectivity index (χ1v) is 7.81. The van der Waals surface area contributed by atoms with Crippen LogP contribution in [0.3, 0.4) is 0 Å². The van der Waals surface area contributed by atoms with Crippen LogP contribution in [-0.2, 0) is 4.79 Å². The first-order valence-electron chi connectivity index (χ1n) is 6.64. The van der Waals surface area contributed by atoms with E-state index in [0.29, 0.717) is 5.02 Å². The third-order valence-corrected chi connectivity index (χ3v) is 3.80. The lowest BCUT2D eigenvalue weighted by atomic mass is 10.1. The molecular weight excluding hydrogens is 366 g/mol. The van der Waals surface area contributed by atoms with Crippen molar-refractivity contribution in [2.45, 2.75) is 6.92 Å². The molecule has 0 bridgehead atoms. The van der Waals surface area contributed by atoms with Crippen LogP contribution >= 0.6 is 27.5 Å². The Kier molecular flexibility index (Phi) is 5.98. The molecule has 0 aliphatic rings. The quantitative estimate of drug-likeness (QED) is 0.607. The molecule has 0 atom stereocenters. The molecule has 2 N–H and O–H groups in total. The number of rotatable bonds is 5. The Balaban J connectivity index is 1.88. The van der Waals surface area contributed by atoms with Crippen molar-refractivity contribution in [2.24, 2.45) is 5.10 Å². The van der Waals surface area contributed by atoms with Gasteiger partial charge in [0.05, 0.1) is 12.3 Å². The van der Waals surface area contributed by atoms with Crippen LogP contribution < -0.4 is 10.7 Å². The Morgan fingerprint density at radius 2 is 1.95 bits per heavy atom. The van der Waals surface area contributed by atoms with Gasteiger partial charge < -0.3 is 5.32 Å². The maximum absolute atomic E-state index is 11.8. The zero-order valence-electron chi connectivity index (χ0n) is 11.9. The molecule has 1 amide bonds. The van der Waals surface area contributed by atoms with E-state index in [1.807, 2.05) is 37.3 Å². The van der Waals surface area contributed by atoms with E-state index in [4.69, 9.17) is 11.6 Å². The molecule has 114 valence electrons. The van der Waals surface area contributed by atoms with Gasteiger partial charge in [0.15, 0.2) is 0 Å². The Bertz CT molecular complexity index is 689. The van der Waals surface area contributed by atoms with E-state index in [9.17, 15) is 4.79 Å². The van der Waals surface area contributed by atoms with E-state index >= 15 is 0 Å². The second-order valence-electron chi connectivity index (χ2n) is 4.58. The third-order valence-electron chi connectivity index (χ3n) is 2.91. The predicted molar refractivity (Wildman–Crippen MR) is 94.4 cm³/mol. The van der Waals surface area contributed by atoms with Crippen molar-refractivity contribution in [1.82, 2.24) is 5.43 Å². The van der Waals surface area contributed by atoms with Crippen LogP contribution in [0.5, 0.6) is 0 Å². The number of hydrogen-bond acceptors (Lipinski definition) is 3. The van der Waals surface area contributed by atoms with Gasteiger partial charge in [0.2, 0.25) is 0 Å². The molecule has 0 aliphatic carbocycles. The molecule has 4 nitrogen and oxygen atoms in total. The summed E-state index contributed by atoms with van der Waals surface area (Å²) in [6.07, 6.45) is 0. The standard InChI is InChI=1S/C16H15BrClN3O/c1-11(12-5-3-2-4-6-12)20-21-16(22)10-19-15-8-7-13(18)9-14(15)17/h2-9,19H,10H2,1H3,(H,21,22)/b20-11-. The van der Waals surface area contributed by atoms with Gasteiger partial charge in [-0.3, -0.25) is 4.79 Å². The SMILES string of the molecule is C/C(=N/NC(=O)CNc1ccc(Cl)cc1Br)c1ccccc1. The number of anilines is 1. The van der Waals surface area contributed by atoms with Crippen LogP contribution in [0.2, 0.25) is 5.02 Å². The lowest BCUT2D eigenvalue weighted by Gasteiger charge is -2.08. The summed E-state index contributed by atoms with van der Waals surface area (Å²) < 4.78 is 0.803. The van der Waals surface area contributed by atoms with Crippen LogP contribution in [0.25, 0.3) is 0 Å². The highest BCUT2D eigenvalue weighted by Crippen LogP contribution is 2.25. The minimum absolute atomic E-state index is 0.117. The molecule has 0 saturated carbocycles. The summed E-state index contributed by atoms with van der Waals surface area (Å²) in [5.41, 5.74) is 5.04. The summed E-state index contributed by atoms with van der Waals surface area (Å²) in [5, 5.41) is 7.73. The third kappa shape index (κ3) is 4.86. The van der Waals surface area contributed by atoms with Crippen LogP contribution in [0.4, 0.5) is 5.69 Å². The molecule has 0 saturated heterocycles. The number of amides is 1. The molecule has 0 unspecified atom stereocenters. The van der Waals surface area contributed by atoms with Gasteiger partial charge in [0.25, 0.3) is 5.91 Å². The van der Waals surface area contributed by atoms with Crippen LogP contribution in [0.15, 0.2) is 58.1 Å². The van der Waals surface area contributed by atoms with Crippen LogP contribution in [0, 0.1) is 0 Å². The molecule has 2 rings (SSSR count). The van der Waals surface area contributed by atoms with E-state index in [2.05, 4.69) is 31.8 Å². The monoisotopic (exact) mass is 379 g/mol. The molecule has 0 radical (unpaired) electrons.